The Hall–Kier alpha value is -6.94. The van der Waals surface area contributed by atoms with Crippen LogP contribution in [0.15, 0.2) is 200 Å². The maximum atomic E-state index is 5.17. The normalized spacial score (nSPS) is 12.8. The first-order chi connectivity index (χ1) is 28.1. The summed E-state index contributed by atoms with van der Waals surface area (Å²) in [5.41, 5.74) is 16.1. The molecule has 0 spiro atoms. The predicted octanol–water partition coefficient (Wildman–Crippen LogP) is 14.5. The molecular weight excluding hydrogens is 709 g/mol. The number of hydrogen-bond donors (Lipinski definition) is 0. The average Bonchev–Trinajstić information content (AvgIpc) is 3.80. The minimum atomic E-state index is -0.240. The van der Waals surface area contributed by atoms with Crippen LogP contribution in [0, 0.1) is 0 Å². The van der Waals surface area contributed by atoms with Gasteiger partial charge in [0.25, 0.3) is 0 Å². The Kier molecular flexibility index (Phi) is 7.84. The Bertz CT molecular complexity index is 3090. The molecule has 11 rings (SSSR count). The van der Waals surface area contributed by atoms with Crippen molar-refractivity contribution < 1.29 is 0 Å². The van der Waals surface area contributed by atoms with Crippen LogP contribution in [0.25, 0.3) is 87.5 Å². The Labute approximate surface area is 336 Å². The smallest absolute Gasteiger partial charge is 0.160 e. The molecule has 0 fully saturated rings. The number of benzene rings is 8. The fourth-order valence-electron chi connectivity index (χ4n) is 8.89. The van der Waals surface area contributed by atoms with Gasteiger partial charge in [-0.05, 0) is 81.3 Å². The maximum absolute atomic E-state index is 5.17. The zero-order valence-corrected chi connectivity index (χ0v) is 32.2. The van der Waals surface area contributed by atoms with Gasteiger partial charge in [0.15, 0.2) is 5.82 Å². The molecule has 2 nitrogen and oxygen atoms in total. The summed E-state index contributed by atoms with van der Waals surface area (Å²) in [5.74, 6) is 0.710. The van der Waals surface area contributed by atoms with E-state index in [1.165, 1.54) is 70.2 Å². The van der Waals surface area contributed by atoms with E-state index in [0.717, 1.165) is 28.1 Å². The van der Waals surface area contributed by atoms with Gasteiger partial charge in [-0.2, -0.15) is 0 Å². The number of nitrogens with zero attached hydrogens (tertiary/aromatic N) is 2. The lowest BCUT2D eigenvalue weighted by molar-refractivity contribution is 0.714. The van der Waals surface area contributed by atoms with E-state index in [2.05, 4.69) is 189 Å². The Balaban J connectivity index is 0.975. The highest BCUT2D eigenvalue weighted by Crippen LogP contribution is 2.52. The van der Waals surface area contributed by atoms with Gasteiger partial charge in [-0.15, -0.1) is 11.3 Å². The highest BCUT2D eigenvalue weighted by atomic mass is 32.1. The third-order valence-electron chi connectivity index (χ3n) is 11.8. The highest BCUT2D eigenvalue weighted by molar-refractivity contribution is 7.26. The van der Waals surface area contributed by atoms with E-state index < -0.39 is 0 Å². The molecule has 1 aliphatic carbocycles. The number of hydrogen-bond acceptors (Lipinski definition) is 3. The Morgan fingerprint density at radius 3 is 1.74 bits per heavy atom. The highest BCUT2D eigenvalue weighted by Gasteiger charge is 2.40. The van der Waals surface area contributed by atoms with Crippen LogP contribution in [0.2, 0.25) is 0 Å². The lowest BCUT2D eigenvalue weighted by Crippen LogP contribution is -2.22. The molecule has 0 saturated carbocycles. The topological polar surface area (TPSA) is 25.8 Å². The summed E-state index contributed by atoms with van der Waals surface area (Å²) in [4.78, 5) is 10.3. The molecule has 0 aliphatic heterocycles. The van der Waals surface area contributed by atoms with Crippen molar-refractivity contribution in [1.29, 1.82) is 0 Å². The number of aromatic nitrogens is 2. The number of fused-ring (bicyclic) bond motifs is 6. The van der Waals surface area contributed by atoms with Crippen LogP contribution in [0.3, 0.4) is 0 Å². The molecule has 3 heteroatoms. The van der Waals surface area contributed by atoms with Gasteiger partial charge in [0.05, 0.1) is 11.4 Å². The third kappa shape index (κ3) is 5.54. The Morgan fingerprint density at radius 2 is 0.947 bits per heavy atom. The minimum absolute atomic E-state index is 0.240. The molecule has 0 amide bonds. The van der Waals surface area contributed by atoms with Gasteiger partial charge in [0.2, 0.25) is 0 Å². The van der Waals surface area contributed by atoms with Gasteiger partial charge in [-0.25, -0.2) is 9.97 Å². The quantitative estimate of drug-likeness (QED) is 0.169. The maximum Gasteiger partial charge on any atom is 0.160 e. The van der Waals surface area contributed by atoms with Crippen LogP contribution in [0.5, 0.6) is 0 Å². The summed E-state index contributed by atoms with van der Waals surface area (Å²) in [6.07, 6.45) is 0. The SMILES string of the molecule is CC1(c2cccc(-c3ccc(-c4cc(-c5cccc(-c6cccc7c6sc6ccccc67)c5)nc(-c5ccccc5)n4)cc3)c2)c2ccccc2-c2ccccc21. The molecule has 2 aromatic heterocycles. The van der Waals surface area contributed by atoms with Crippen LogP contribution < -0.4 is 0 Å². The molecule has 0 atom stereocenters. The van der Waals surface area contributed by atoms with Crippen LogP contribution in [-0.4, -0.2) is 9.97 Å². The van der Waals surface area contributed by atoms with Gasteiger partial charge in [-0.1, -0.05) is 176 Å². The van der Waals surface area contributed by atoms with Crippen molar-refractivity contribution in [3.05, 3.63) is 217 Å². The van der Waals surface area contributed by atoms with Crippen LogP contribution in [-0.2, 0) is 5.41 Å². The lowest BCUT2D eigenvalue weighted by Gasteiger charge is -2.28. The van der Waals surface area contributed by atoms with Crippen molar-refractivity contribution in [3.8, 4) is 67.3 Å². The fraction of sp³-hybridized carbons (Fsp3) is 0.0370. The third-order valence-corrected chi connectivity index (χ3v) is 13.0. The summed E-state index contributed by atoms with van der Waals surface area (Å²) >= 11 is 1.86. The van der Waals surface area contributed by atoms with Gasteiger partial charge in [0, 0.05) is 42.3 Å². The van der Waals surface area contributed by atoms with E-state index in [1.54, 1.807) is 0 Å². The molecule has 0 unspecified atom stereocenters. The molecule has 0 radical (unpaired) electrons. The molecular formula is C54H36N2S. The molecule has 0 saturated heterocycles. The first-order valence-corrected chi connectivity index (χ1v) is 20.3. The summed E-state index contributed by atoms with van der Waals surface area (Å²) in [6, 6.07) is 72.2. The molecule has 0 bridgehead atoms. The van der Waals surface area contributed by atoms with Gasteiger partial charge < -0.3 is 0 Å². The molecule has 10 aromatic rings. The molecule has 268 valence electrons. The van der Waals surface area contributed by atoms with Crippen LogP contribution >= 0.6 is 11.3 Å². The predicted molar refractivity (Wildman–Crippen MR) is 240 cm³/mol. The number of thiophene rings is 1. The molecule has 1 aliphatic rings. The van der Waals surface area contributed by atoms with E-state index in [4.69, 9.17) is 9.97 Å². The van der Waals surface area contributed by atoms with Crippen molar-refractivity contribution in [2.75, 3.05) is 0 Å². The first kappa shape index (κ1) is 33.4. The number of rotatable bonds is 6. The zero-order chi connectivity index (χ0) is 37.9. The lowest BCUT2D eigenvalue weighted by atomic mass is 9.74. The summed E-state index contributed by atoms with van der Waals surface area (Å²) in [6.45, 7) is 2.37. The van der Waals surface area contributed by atoms with Crippen molar-refractivity contribution in [1.82, 2.24) is 9.97 Å². The van der Waals surface area contributed by atoms with E-state index in [-0.39, 0.29) is 5.41 Å². The van der Waals surface area contributed by atoms with E-state index in [9.17, 15) is 0 Å². The van der Waals surface area contributed by atoms with Gasteiger partial charge >= 0.3 is 0 Å². The van der Waals surface area contributed by atoms with Crippen molar-refractivity contribution in [3.63, 3.8) is 0 Å². The average molecular weight is 745 g/mol. The summed E-state index contributed by atoms with van der Waals surface area (Å²) in [5, 5.41) is 2.61. The second-order valence-electron chi connectivity index (χ2n) is 15.1. The first-order valence-electron chi connectivity index (χ1n) is 19.5. The summed E-state index contributed by atoms with van der Waals surface area (Å²) < 4.78 is 2.62. The van der Waals surface area contributed by atoms with Gasteiger partial charge in [0.1, 0.15) is 0 Å². The van der Waals surface area contributed by atoms with Crippen LogP contribution in [0.4, 0.5) is 0 Å². The monoisotopic (exact) mass is 744 g/mol. The molecule has 8 aromatic carbocycles. The van der Waals surface area contributed by atoms with Gasteiger partial charge in [-0.3, -0.25) is 0 Å². The summed E-state index contributed by atoms with van der Waals surface area (Å²) in [7, 11) is 0. The van der Waals surface area contributed by atoms with Crippen LogP contribution in [0.1, 0.15) is 23.6 Å². The largest absolute Gasteiger partial charge is 0.228 e. The Morgan fingerprint density at radius 1 is 0.386 bits per heavy atom. The van der Waals surface area contributed by atoms with Crippen molar-refractivity contribution in [2.45, 2.75) is 12.3 Å². The van der Waals surface area contributed by atoms with Crippen molar-refractivity contribution >= 4 is 31.5 Å². The fourth-order valence-corrected chi connectivity index (χ4v) is 10.1. The molecule has 2 heterocycles. The zero-order valence-electron chi connectivity index (χ0n) is 31.4. The van der Waals surface area contributed by atoms with Crippen molar-refractivity contribution in [2.24, 2.45) is 0 Å². The minimum Gasteiger partial charge on any atom is -0.228 e. The van der Waals surface area contributed by atoms with E-state index in [1.807, 2.05) is 29.5 Å². The molecule has 0 N–H and O–H groups in total. The van der Waals surface area contributed by atoms with E-state index >= 15 is 0 Å². The second-order valence-corrected chi connectivity index (χ2v) is 16.1. The second kappa shape index (κ2) is 13.4. The standard InChI is InChI=1S/C54H36N2S/c1-54(47-25-8-5-20-43(47)44-21-6-9-26-48(44)54)41-19-12-16-38(33-41)35-28-30-36(31-29-35)49-34-50(56-53(55-49)37-14-3-2-4-15-37)40-18-11-17-39(32-40)42-23-13-24-46-45-22-7-10-27-51(45)57-52(42)46/h2-34H,1H3. The van der Waals surface area contributed by atoms with E-state index in [0.29, 0.717) is 5.82 Å². The molecule has 57 heavy (non-hydrogen) atoms.